The Morgan fingerprint density at radius 2 is 1.62 bits per heavy atom. The zero-order valence-electron chi connectivity index (χ0n) is 19.8. The van der Waals surface area contributed by atoms with Crippen molar-refractivity contribution in [2.24, 2.45) is 0 Å². The second-order valence-electron chi connectivity index (χ2n) is 9.52. The van der Waals surface area contributed by atoms with Gasteiger partial charge in [0.1, 0.15) is 0 Å². The zero-order chi connectivity index (χ0) is 23.5. The second kappa shape index (κ2) is 10.1. The molecule has 1 unspecified atom stereocenters. The molecule has 0 bridgehead atoms. The van der Waals surface area contributed by atoms with Gasteiger partial charge in [-0.15, -0.1) is 11.3 Å². The van der Waals surface area contributed by atoms with Crippen molar-refractivity contribution in [3.8, 4) is 0 Å². The van der Waals surface area contributed by atoms with Crippen molar-refractivity contribution in [3.63, 3.8) is 0 Å². The van der Waals surface area contributed by atoms with Crippen LogP contribution in [0.1, 0.15) is 64.8 Å². The van der Waals surface area contributed by atoms with Crippen LogP contribution in [0.25, 0.3) is 0 Å². The van der Waals surface area contributed by atoms with Crippen molar-refractivity contribution in [1.82, 2.24) is 9.80 Å². The van der Waals surface area contributed by atoms with E-state index in [1.165, 1.54) is 21.6 Å². The van der Waals surface area contributed by atoms with Crippen LogP contribution in [0, 0.1) is 6.92 Å². The van der Waals surface area contributed by atoms with Crippen LogP contribution >= 0.6 is 11.3 Å². The molecule has 1 atom stereocenters. The van der Waals surface area contributed by atoms with Crippen molar-refractivity contribution in [2.75, 3.05) is 19.6 Å². The lowest BCUT2D eigenvalue weighted by Crippen LogP contribution is -2.41. The highest BCUT2D eigenvalue weighted by Crippen LogP contribution is 2.38. The summed E-state index contributed by atoms with van der Waals surface area (Å²) in [6.07, 6.45) is 3.45. The summed E-state index contributed by atoms with van der Waals surface area (Å²) in [5, 5.41) is 2.13. The van der Waals surface area contributed by atoms with Gasteiger partial charge in [-0.05, 0) is 60.2 Å². The van der Waals surface area contributed by atoms with Crippen LogP contribution < -0.4 is 0 Å². The molecule has 2 aliphatic heterocycles. The van der Waals surface area contributed by atoms with Gasteiger partial charge in [-0.1, -0.05) is 60.2 Å². The number of fused-ring (bicyclic) bond motifs is 1. The van der Waals surface area contributed by atoms with E-state index in [0.29, 0.717) is 18.9 Å². The summed E-state index contributed by atoms with van der Waals surface area (Å²) >= 11 is 1.78. The average molecular weight is 473 g/mol. The molecule has 1 fully saturated rings. The minimum atomic E-state index is -0.0564. The Kier molecular flexibility index (Phi) is 6.82. The molecule has 2 amide bonds. The third-order valence-electron chi connectivity index (χ3n) is 7.32. The smallest absolute Gasteiger partial charge is 0.223 e. The Bertz CT molecular complexity index is 1150. The van der Waals surface area contributed by atoms with Crippen molar-refractivity contribution >= 4 is 23.2 Å². The molecule has 0 N–H and O–H groups in total. The first-order valence-electron chi connectivity index (χ1n) is 12.3. The Morgan fingerprint density at radius 3 is 2.38 bits per heavy atom. The molecular formula is C29H32N2O2S. The van der Waals surface area contributed by atoms with E-state index >= 15 is 0 Å². The van der Waals surface area contributed by atoms with Crippen LogP contribution in [0.15, 0.2) is 66.0 Å². The quantitative estimate of drug-likeness (QED) is 0.477. The number of carbonyl (C=O) groups excluding carboxylic acids is 2. The monoisotopic (exact) mass is 472 g/mol. The maximum Gasteiger partial charge on any atom is 0.223 e. The van der Waals surface area contributed by atoms with E-state index < -0.39 is 0 Å². The molecule has 3 aromatic rings. The first-order valence-corrected chi connectivity index (χ1v) is 13.2. The fraction of sp³-hybridized carbons (Fsp3) is 0.379. The van der Waals surface area contributed by atoms with Gasteiger partial charge in [0.25, 0.3) is 0 Å². The summed E-state index contributed by atoms with van der Waals surface area (Å²) in [6, 6.07) is 21.1. The van der Waals surface area contributed by atoms with Gasteiger partial charge < -0.3 is 9.80 Å². The summed E-state index contributed by atoms with van der Waals surface area (Å²) in [4.78, 5) is 31.6. The fourth-order valence-electron chi connectivity index (χ4n) is 5.49. The summed E-state index contributed by atoms with van der Waals surface area (Å²) in [7, 11) is 0. The number of rotatable bonds is 5. The molecular weight excluding hydrogens is 440 g/mol. The van der Waals surface area contributed by atoms with Gasteiger partial charge in [-0.2, -0.15) is 0 Å². The summed E-state index contributed by atoms with van der Waals surface area (Å²) in [5.41, 5.74) is 4.96. The number of amides is 2. The first kappa shape index (κ1) is 22.9. The van der Waals surface area contributed by atoms with Crippen molar-refractivity contribution in [3.05, 3.63) is 93.2 Å². The Morgan fingerprint density at radius 1 is 0.882 bits per heavy atom. The third-order valence-corrected chi connectivity index (χ3v) is 8.31. The molecule has 176 valence electrons. The van der Waals surface area contributed by atoms with E-state index in [1.54, 1.807) is 11.3 Å². The summed E-state index contributed by atoms with van der Waals surface area (Å²) < 4.78 is 0. The largest absolute Gasteiger partial charge is 0.343 e. The van der Waals surface area contributed by atoms with Gasteiger partial charge in [-0.25, -0.2) is 0 Å². The normalized spacial score (nSPS) is 18.6. The predicted octanol–water partition coefficient (Wildman–Crippen LogP) is 5.72. The predicted molar refractivity (Wildman–Crippen MR) is 137 cm³/mol. The van der Waals surface area contributed by atoms with Crippen molar-refractivity contribution in [1.29, 1.82) is 0 Å². The van der Waals surface area contributed by atoms with Gasteiger partial charge in [0.2, 0.25) is 11.8 Å². The number of likely N-dealkylation sites (tertiary alicyclic amines) is 1. The van der Waals surface area contributed by atoms with Gasteiger partial charge in [0.15, 0.2) is 0 Å². The van der Waals surface area contributed by atoms with Crippen molar-refractivity contribution < 1.29 is 9.59 Å². The zero-order valence-corrected chi connectivity index (χ0v) is 20.6. The van der Waals surface area contributed by atoms with E-state index in [4.69, 9.17) is 0 Å². The molecule has 0 aliphatic carbocycles. The van der Waals surface area contributed by atoms with Crippen LogP contribution in [0.5, 0.6) is 0 Å². The number of aryl methyl sites for hydroxylation is 1. The maximum absolute atomic E-state index is 13.4. The molecule has 2 aromatic carbocycles. The molecule has 1 saturated heterocycles. The van der Waals surface area contributed by atoms with Gasteiger partial charge in [0.05, 0.1) is 6.04 Å². The molecule has 0 radical (unpaired) electrons. The minimum Gasteiger partial charge on any atom is -0.343 e. The van der Waals surface area contributed by atoms with Crippen LogP contribution in [-0.4, -0.2) is 41.2 Å². The topological polar surface area (TPSA) is 40.6 Å². The maximum atomic E-state index is 13.4. The molecule has 5 rings (SSSR count). The Labute approximate surface area is 206 Å². The number of thiophene rings is 1. The SMILES string of the molecule is Cc1cccc(C2c3ccsc3CCN2C(=O)CCC(=O)N2CCC(c3ccccc3)CC2)c1. The standard InChI is InChI=1S/C29H32N2O2S/c1-21-6-5-9-24(20-21)29-25-15-19-34-26(25)14-18-31(29)28(33)11-10-27(32)30-16-12-23(13-17-30)22-7-3-2-4-8-22/h2-9,15,19-20,23,29H,10-14,16-18H2,1H3. The van der Waals surface area contributed by atoms with E-state index in [9.17, 15) is 9.59 Å². The van der Waals surface area contributed by atoms with E-state index in [2.05, 4.69) is 66.9 Å². The van der Waals surface area contributed by atoms with Crippen LogP contribution in [0.2, 0.25) is 0 Å². The van der Waals surface area contributed by atoms with E-state index in [1.807, 2.05) is 15.9 Å². The molecule has 4 nitrogen and oxygen atoms in total. The van der Waals surface area contributed by atoms with Gasteiger partial charge in [0, 0.05) is 37.4 Å². The molecule has 5 heteroatoms. The third kappa shape index (κ3) is 4.80. The van der Waals surface area contributed by atoms with E-state index in [0.717, 1.165) is 37.9 Å². The van der Waals surface area contributed by atoms with Gasteiger partial charge >= 0.3 is 0 Å². The molecule has 0 spiro atoms. The average Bonchev–Trinajstić information content (AvgIpc) is 3.36. The Balaban J connectivity index is 1.21. The number of hydrogen-bond acceptors (Lipinski definition) is 3. The number of piperidine rings is 1. The highest BCUT2D eigenvalue weighted by Gasteiger charge is 2.33. The molecule has 3 heterocycles. The van der Waals surface area contributed by atoms with Crippen LogP contribution in [0.4, 0.5) is 0 Å². The number of carbonyl (C=O) groups is 2. The number of benzene rings is 2. The molecule has 34 heavy (non-hydrogen) atoms. The summed E-state index contributed by atoms with van der Waals surface area (Å²) in [5.74, 6) is 0.714. The van der Waals surface area contributed by atoms with E-state index in [-0.39, 0.29) is 24.3 Å². The van der Waals surface area contributed by atoms with Crippen molar-refractivity contribution in [2.45, 2.75) is 51.0 Å². The number of hydrogen-bond donors (Lipinski definition) is 0. The highest BCUT2D eigenvalue weighted by atomic mass is 32.1. The molecule has 2 aliphatic rings. The molecule has 1 aromatic heterocycles. The number of nitrogens with zero attached hydrogens (tertiary/aromatic N) is 2. The minimum absolute atomic E-state index is 0.0564. The Hall–Kier alpha value is -2.92. The molecule has 0 saturated carbocycles. The lowest BCUT2D eigenvalue weighted by Gasteiger charge is -2.37. The van der Waals surface area contributed by atoms with Crippen LogP contribution in [-0.2, 0) is 16.0 Å². The lowest BCUT2D eigenvalue weighted by molar-refractivity contribution is -0.138. The second-order valence-corrected chi connectivity index (χ2v) is 10.5. The first-order chi connectivity index (χ1) is 16.6. The van der Waals surface area contributed by atoms with Gasteiger partial charge in [-0.3, -0.25) is 9.59 Å². The highest BCUT2D eigenvalue weighted by molar-refractivity contribution is 7.10. The summed E-state index contributed by atoms with van der Waals surface area (Å²) in [6.45, 7) is 4.36. The fourth-order valence-corrected chi connectivity index (χ4v) is 6.39. The van der Waals surface area contributed by atoms with Crippen LogP contribution in [0.3, 0.4) is 0 Å². The lowest BCUT2D eigenvalue weighted by atomic mass is 9.89.